The van der Waals surface area contributed by atoms with Gasteiger partial charge in [0, 0.05) is 31.7 Å². The highest BCUT2D eigenvalue weighted by atomic mass is 32.1. The lowest BCUT2D eigenvalue weighted by molar-refractivity contribution is -0.132. The van der Waals surface area contributed by atoms with Crippen LogP contribution in [-0.4, -0.2) is 46.5 Å². The van der Waals surface area contributed by atoms with Crippen LogP contribution in [-0.2, 0) is 11.2 Å². The number of nitrogens with zero attached hydrogens (tertiary/aromatic N) is 4. The number of fused-ring (bicyclic) bond motifs is 2. The first kappa shape index (κ1) is 17.6. The van der Waals surface area contributed by atoms with Gasteiger partial charge in [-0.2, -0.15) is 0 Å². The lowest BCUT2D eigenvalue weighted by Gasteiger charge is -2.38. The summed E-state index contributed by atoms with van der Waals surface area (Å²) < 4.78 is 1.30. The van der Waals surface area contributed by atoms with E-state index >= 15 is 0 Å². The minimum absolute atomic E-state index is 0.180. The zero-order valence-corrected chi connectivity index (χ0v) is 16.6. The van der Waals surface area contributed by atoms with Crippen LogP contribution in [0.3, 0.4) is 0 Å². The quantitative estimate of drug-likeness (QED) is 0.664. The maximum absolute atomic E-state index is 12.9. The number of rotatable bonds is 5. The first-order valence-corrected chi connectivity index (χ1v) is 10.9. The fraction of sp³-hybridized carbons (Fsp3) is 0.409. The summed E-state index contributed by atoms with van der Waals surface area (Å²) in [5.74, 6) is 0.548. The van der Waals surface area contributed by atoms with E-state index in [1.165, 1.54) is 10.3 Å². The molecule has 1 aromatic carbocycles. The molecule has 5 rings (SSSR count). The van der Waals surface area contributed by atoms with E-state index in [1.807, 2.05) is 24.0 Å². The second-order valence-electron chi connectivity index (χ2n) is 7.79. The number of carbonyl (C=O) groups excluding carboxylic acids is 1. The number of benzene rings is 1. The van der Waals surface area contributed by atoms with Gasteiger partial charge in [-0.3, -0.25) is 9.78 Å². The number of aromatic nitrogens is 2. The van der Waals surface area contributed by atoms with Crippen LogP contribution in [0.15, 0.2) is 48.2 Å². The molecule has 0 radical (unpaired) electrons. The van der Waals surface area contributed by atoms with Crippen LogP contribution in [0.1, 0.15) is 24.8 Å². The van der Waals surface area contributed by atoms with Crippen LogP contribution in [0.25, 0.3) is 10.2 Å². The van der Waals surface area contributed by atoms with Crippen molar-refractivity contribution >= 4 is 33.1 Å². The Bertz CT molecular complexity index is 973. The van der Waals surface area contributed by atoms with Crippen molar-refractivity contribution in [2.45, 2.75) is 31.7 Å². The molecule has 2 aliphatic heterocycles. The average Bonchev–Trinajstić information content (AvgIpc) is 3.34. The molecule has 2 aromatic heterocycles. The molecule has 28 heavy (non-hydrogen) atoms. The fourth-order valence-electron chi connectivity index (χ4n) is 4.71. The molecule has 6 heteroatoms. The average molecular weight is 393 g/mol. The van der Waals surface area contributed by atoms with Gasteiger partial charge in [0.15, 0.2) is 0 Å². The molecule has 1 unspecified atom stereocenters. The van der Waals surface area contributed by atoms with Crippen molar-refractivity contribution in [2.75, 3.05) is 24.5 Å². The SMILES string of the molecule is O=C1C(CCCc2cccc3ncsc23)C[C@H]2CN(c3cccnc3)CCN12. The molecule has 5 nitrogen and oxygen atoms in total. The van der Waals surface area contributed by atoms with E-state index in [2.05, 4.69) is 44.0 Å². The van der Waals surface area contributed by atoms with Crippen molar-refractivity contribution in [1.29, 1.82) is 0 Å². The van der Waals surface area contributed by atoms with Crippen molar-refractivity contribution in [3.8, 4) is 0 Å². The molecule has 144 valence electrons. The van der Waals surface area contributed by atoms with Crippen molar-refractivity contribution in [3.63, 3.8) is 0 Å². The van der Waals surface area contributed by atoms with Crippen LogP contribution in [0.4, 0.5) is 5.69 Å². The molecule has 2 aliphatic rings. The molecule has 0 spiro atoms. The second-order valence-corrected chi connectivity index (χ2v) is 8.64. The van der Waals surface area contributed by atoms with Crippen LogP contribution in [0, 0.1) is 5.92 Å². The minimum atomic E-state index is 0.180. The first-order valence-electron chi connectivity index (χ1n) is 10.1. The summed E-state index contributed by atoms with van der Waals surface area (Å²) >= 11 is 1.71. The summed E-state index contributed by atoms with van der Waals surface area (Å²) in [5.41, 5.74) is 5.54. The molecular weight excluding hydrogens is 368 g/mol. The Morgan fingerprint density at radius 2 is 2.14 bits per heavy atom. The normalized spacial score (nSPS) is 22.1. The Morgan fingerprint density at radius 3 is 3.04 bits per heavy atom. The largest absolute Gasteiger partial charge is 0.366 e. The number of thiazole rings is 1. The van der Waals surface area contributed by atoms with Crippen molar-refractivity contribution in [3.05, 3.63) is 53.8 Å². The van der Waals surface area contributed by atoms with Crippen molar-refractivity contribution < 1.29 is 4.79 Å². The van der Waals surface area contributed by atoms with E-state index in [-0.39, 0.29) is 5.92 Å². The summed E-state index contributed by atoms with van der Waals surface area (Å²) in [6, 6.07) is 10.8. The van der Waals surface area contributed by atoms with Gasteiger partial charge in [0.05, 0.1) is 33.7 Å². The lowest BCUT2D eigenvalue weighted by atomic mass is 9.96. The highest BCUT2D eigenvalue weighted by Crippen LogP contribution is 2.33. The summed E-state index contributed by atoms with van der Waals surface area (Å²) in [7, 11) is 0. The Morgan fingerprint density at radius 1 is 1.18 bits per heavy atom. The van der Waals surface area contributed by atoms with E-state index in [1.54, 1.807) is 11.3 Å². The number of carbonyl (C=O) groups is 1. The number of anilines is 1. The van der Waals surface area contributed by atoms with E-state index in [0.29, 0.717) is 11.9 Å². The predicted octanol–water partition coefficient (Wildman–Crippen LogP) is 3.75. The van der Waals surface area contributed by atoms with E-state index in [0.717, 1.165) is 56.5 Å². The minimum Gasteiger partial charge on any atom is -0.366 e. The van der Waals surface area contributed by atoms with Gasteiger partial charge in [0.1, 0.15) is 0 Å². The monoisotopic (exact) mass is 392 g/mol. The molecule has 4 heterocycles. The fourth-order valence-corrected chi connectivity index (χ4v) is 5.54. The van der Waals surface area contributed by atoms with Gasteiger partial charge in [-0.1, -0.05) is 12.1 Å². The maximum Gasteiger partial charge on any atom is 0.226 e. The Balaban J connectivity index is 1.20. The van der Waals surface area contributed by atoms with E-state index < -0.39 is 0 Å². The Hall–Kier alpha value is -2.47. The second kappa shape index (κ2) is 7.51. The van der Waals surface area contributed by atoms with E-state index in [4.69, 9.17) is 0 Å². The summed E-state index contributed by atoms with van der Waals surface area (Å²) in [5, 5.41) is 0. The lowest BCUT2D eigenvalue weighted by Crippen LogP contribution is -2.51. The third kappa shape index (κ3) is 3.26. The van der Waals surface area contributed by atoms with Crippen LogP contribution < -0.4 is 4.90 Å². The number of pyridine rings is 1. The van der Waals surface area contributed by atoms with Gasteiger partial charge >= 0.3 is 0 Å². The van der Waals surface area contributed by atoms with E-state index in [9.17, 15) is 4.79 Å². The molecule has 1 amide bonds. The molecular formula is C22H24N4OS. The van der Waals surface area contributed by atoms with Gasteiger partial charge in [-0.25, -0.2) is 4.98 Å². The zero-order valence-electron chi connectivity index (χ0n) is 15.8. The molecule has 0 bridgehead atoms. The Kier molecular flexibility index (Phi) is 4.72. The molecule has 0 aliphatic carbocycles. The molecule has 0 N–H and O–H groups in total. The summed E-state index contributed by atoms with van der Waals surface area (Å²) in [6.45, 7) is 2.65. The summed E-state index contributed by atoms with van der Waals surface area (Å²) in [6.07, 6.45) is 7.77. The number of hydrogen-bond acceptors (Lipinski definition) is 5. The number of piperazine rings is 1. The third-order valence-electron chi connectivity index (χ3n) is 6.12. The van der Waals surface area contributed by atoms with Gasteiger partial charge < -0.3 is 9.80 Å². The van der Waals surface area contributed by atoms with Crippen LogP contribution in [0.2, 0.25) is 0 Å². The summed E-state index contributed by atoms with van der Waals surface area (Å²) in [4.78, 5) is 26.0. The highest BCUT2D eigenvalue weighted by Gasteiger charge is 2.41. The molecule has 2 saturated heterocycles. The highest BCUT2D eigenvalue weighted by molar-refractivity contribution is 7.16. The van der Waals surface area contributed by atoms with Crippen molar-refractivity contribution in [1.82, 2.24) is 14.9 Å². The van der Waals surface area contributed by atoms with Gasteiger partial charge in [-0.15, -0.1) is 11.3 Å². The van der Waals surface area contributed by atoms with Crippen LogP contribution >= 0.6 is 11.3 Å². The first-order chi connectivity index (χ1) is 13.8. The smallest absolute Gasteiger partial charge is 0.226 e. The number of amides is 1. The van der Waals surface area contributed by atoms with Gasteiger partial charge in [-0.05, 0) is 49.4 Å². The van der Waals surface area contributed by atoms with Gasteiger partial charge in [0.25, 0.3) is 0 Å². The zero-order chi connectivity index (χ0) is 18.9. The molecule has 2 fully saturated rings. The molecule has 3 aromatic rings. The molecule has 0 saturated carbocycles. The number of hydrogen-bond donors (Lipinski definition) is 0. The van der Waals surface area contributed by atoms with Gasteiger partial charge in [0.2, 0.25) is 5.91 Å². The third-order valence-corrected chi connectivity index (χ3v) is 7.04. The standard InChI is InChI=1S/C22H24N4OS/c27-22-17(6-1-4-16-5-2-8-20-21(16)28-15-24-20)12-19-14-25(10-11-26(19)22)18-7-3-9-23-13-18/h2-3,5,7-9,13,15,17,19H,1,4,6,10-12,14H2/t17?,19-/m0/s1. The maximum atomic E-state index is 12.9. The molecule has 2 atom stereocenters. The van der Waals surface area contributed by atoms with Crippen molar-refractivity contribution in [2.24, 2.45) is 5.92 Å². The Labute approximate surface area is 169 Å². The number of aryl methyl sites for hydroxylation is 1. The predicted molar refractivity (Wildman–Crippen MR) is 113 cm³/mol. The topological polar surface area (TPSA) is 49.3 Å². The van der Waals surface area contributed by atoms with Crippen LogP contribution in [0.5, 0.6) is 0 Å².